The van der Waals surface area contributed by atoms with Gasteiger partial charge in [0.25, 0.3) is 15.9 Å². The summed E-state index contributed by atoms with van der Waals surface area (Å²) in [7, 11) is -3.84. The van der Waals surface area contributed by atoms with Gasteiger partial charge in [0.1, 0.15) is 0 Å². The Morgan fingerprint density at radius 2 is 1.90 bits per heavy atom. The van der Waals surface area contributed by atoms with Crippen LogP contribution in [0.4, 0.5) is 5.69 Å². The zero-order valence-electron chi connectivity index (χ0n) is 17.1. The van der Waals surface area contributed by atoms with Crippen molar-refractivity contribution in [3.63, 3.8) is 0 Å². The minimum absolute atomic E-state index is 0.00729. The van der Waals surface area contributed by atoms with Gasteiger partial charge in [-0.1, -0.05) is 23.8 Å². The van der Waals surface area contributed by atoms with Crippen LogP contribution in [0.2, 0.25) is 0 Å². The molecule has 1 fully saturated rings. The highest BCUT2D eigenvalue weighted by atomic mass is 32.2. The first-order valence-electron chi connectivity index (χ1n) is 9.95. The second-order valence-electron chi connectivity index (χ2n) is 7.34. The smallest absolute Gasteiger partial charge is 0.310 e. The maximum atomic E-state index is 13.0. The Bertz CT molecular complexity index is 1020. The van der Waals surface area contributed by atoms with Crippen LogP contribution in [0.3, 0.4) is 0 Å². The lowest BCUT2D eigenvalue weighted by atomic mass is 9.97. The van der Waals surface area contributed by atoms with Gasteiger partial charge in [0.2, 0.25) is 0 Å². The van der Waals surface area contributed by atoms with Gasteiger partial charge in [0.05, 0.1) is 17.4 Å². The number of anilines is 1. The third-order valence-electron chi connectivity index (χ3n) is 5.02. The molecule has 30 heavy (non-hydrogen) atoms. The lowest BCUT2D eigenvalue weighted by molar-refractivity contribution is -0.149. The first-order valence-corrected chi connectivity index (χ1v) is 11.4. The van der Waals surface area contributed by atoms with Crippen LogP contribution in [-0.2, 0) is 19.6 Å². The van der Waals surface area contributed by atoms with E-state index < -0.39 is 10.0 Å². The molecule has 0 radical (unpaired) electrons. The number of hydrogen-bond acceptors (Lipinski definition) is 5. The molecule has 1 saturated heterocycles. The van der Waals surface area contributed by atoms with E-state index in [2.05, 4.69) is 4.72 Å². The summed E-state index contributed by atoms with van der Waals surface area (Å²) in [6, 6.07) is 12.9. The van der Waals surface area contributed by atoms with Crippen molar-refractivity contribution in [1.29, 1.82) is 0 Å². The second kappa shape index (κ2) is 9.30. The van der Waals surface area contributed by atoms with Crippen molar-refractivity contribution in [2.45, 2.75) is 31.6 Å². The van der Waals surface area contributed by atoms with E-state index in [-0.39, 0.29) is 34.8 Å². The molecule has 160 valence electrons. The van der Waals surface area contributed by atoms with Gasteiger partial charge >= 0.3 is 5.97 Å². The van der Waals surface area contributed by atoms with Crippen molar-refractivity contribution in [3.8, 4) is 0 Å². The van der Waals surface area contributed by atoms with Gasteiger partial charge in [-0.2, -0.15) is 0 Å². The fourth-order valence-corrected chi connectivity index (χ4v) is 4.53. The summed E-state index contributed by atoms with van der Waals surface area (Å²) in [5.41, 5.74) is 1.74. The van der Waals surface area contributed by atoms with E-state index in [4.69, 9.17) is 4.74 Å². The van der Waals surface area contributed by atoms with Crippen molar-refractivity contribution in [3.05, 3.63) is 59.7 Å². The normalized spacial score (nSPS) is 16.7. The number of nitrogens with zero attached hydrogens (tertiary/aromatic N) is 1. The number of rotatable bonds is 6. The molecule has 1 aliphatic heterocycles. The number of ether oxygens (including phenoxy) is 1. The van der Waals surface area contributed by atoms with Crippen LogP contribution in [0.25, 0.3) is 0 Å². The Kier molecular flexibility index (Phi) is 6.77. The maximum Gasteiger partial charge on any atom is 0.310 e. The number of sulfonamides is 1. The summed E-state index contributed by atoms with van der Waals surface area (Å²) >= 11 is 0. The maximum absolute atomic E-state index is 13.0. The molecule has 1 aliphatic rings. The number of hydrogen-bond donors (Lipinski definition) is 1. The molecule has 0 aliphatic carbocycles. The number of carbonyl (C=O) groups excluding carboxylic acids is 2. The Balaban J connectivity index is 1.76. The quantitative estimate of drug-likeness (QED) is 0.711. The molecule has 0 spiro atoms. The molecular weight excluding hydrogens is 404 g/mol. The average molecular weight is 431 g/mol. The van der Waals surface area contributed by atoms with Gasteiger partial charge in [0.15, 0.2) is 0 Å². The molecule has 1 amide bonds. The molecule has 1 heterocycles. The summed E-state index contributed by atoms with van der Waals surface area (Å²) in [5, 5.41) is 0. The van der Waals surface area contributed by atoms with Crippen molar-refractivity contribution >= 4 is 27.6 Å². The van der Waals surface area contributed by atoms with Crippen molar-refractivity contribution in [2.75, 3.05) is 24.4 Å². The third-order valence-corrected chi connectivity index (χ3v) is 6.40. The lowest BCUT2D eigenvalue weighted by Gasteiger charge is -2.31. The van der Waals surface area contributed by atoms with E-state index in [1.165, 1.54) is 12.1 Å². The number of nitrogens with one attached hydrogen (secondary N) is 1. The molecule has 0 bridgehead atoms. The zero-order chi connectivity index (χ0) is 21.7. The van der Waals surface area contributed by atoms with Gasteiger partial charge in [-0.05, 0) is 57.0 Å². The summed E-state index contributed by atoms with van der Waals surface area (Å²) in [5.74, 6) is -0.942. The molecule has 8 heteroatoms. The van der Waals surface area contributed by atoms with Crippen LogP contribution < -0.4 is 4.72 Å². The predicted octanol–water partition coefficient (Wildman–Crippen LogP) is 3.21. The van der Waals surface area contributed by atoms with Gasteiger partial charge in [0, 0.05) is 24.3 Å². The van der Waals surface area contributed by atoms with Crippen LogP contribution in [0.1, 0.15) is 35.7 Å². The van der Waals surface area contributed by atoms with Crippen molar-refractivity contribution < 1.29 is 22.7 Å². The van der Waals surface area contributed by atoms with Crippen LogP contribution in [0.15, 0.2) is 53.4 Å². The number of carbonyl (C=O) groups is 2. The van der Waals surface area contributed by atoms with Gasteiger partial charge in [-0.3, -0.25) is 14.3 Å². The van der Waals surface area contributed by atoms with Crippen molar-refractivity contribution in [1.82, 2.24) is 4.90 Å². The highest BCUT2D eigenvalue weighted by Gasteiger charge is 2.30. The minimum atomic E-state index is -3.84. The monoisotopic (exact) mass is 430 g/mol. The summed E-state index contributed by atoms with van der Waals surface area (Å²) < 4.78 is 33.1. The summed E-state index contributed by atoms with van der Waals surface area (Å²) in [4.78, 5) is 26.6. The standard InChI is InChI=1S/C22H26N2O5S/c1-3-29-22(26)18-7-5-13-24(15-18)21(25)17-6-4-8-20(14-17)30(27,28)23-19-11-9-16(2)10-12-19/h4,6,8-12,14,18,23H,3,5,7,13,15H2,1-2H3/t18-/m0/s1. The molecule has 0 unspecified atom stereocenters. The summed E-state index contributed by atoms with van der Waals surface area (Å²) in [6.07, 6.45) is 1.37. The van der Waals surface area contributed by atoms with E-state index in [0.29, 0.717) is 31.7 Å². The molecule has 1 atom stereocenters. The molecule has 7 nitrogen and oxygen atoms in total. The van der Waals surface area contributed by atoms with Crippen LogP contribution in [0, 0.1) is 12.8 Å². The Morgan fingerprint density at radius 1 is 1.17 bits per heavy atom. The molecular formula is C22H26N2O5S. The molecule has 2 aromatic carbocycles. The van der Waals surface area contributed by atoms with E-state index in [1.807, 2.05) is 19.1 Å². The summed E-state index contributed by atoms with van der Waals surface area (Å²) in [6.45, 7) is 4.77. The lowest BCUT2D eigenvalue weighted by Crippen LogP contribution is -2.42. The number of aryl methyl sites for hydroxylation is 1. The highest BCUT2D eigenvalue weighted by Crippen LogP contribution is 2.22. The number of benzene rings is 2. The topological polar surface area (TPSA) is 92.8 Å². The molecule has 0 saturated carbocycles. The van der Waals surface area contributed by atoms with E-state index in [9.17, 15) is 18.0 Å². The predicted molar refractivity (Wildman–Crippen MR) is 114 cm³/mol. The molecule has 0 aromatic heterocycles. The molecule has 2 aromatic rings. The Labute approximate surface area is 177 Å². The van der Waals surface area contributed by atoms with E-state index in [0.717, 1.165) is 5.56 Å². The van der Waals surface area contributed by atoms with Gasteiger partial charge in [-0.25, -0.2) is 8.42 Å². The third kappa shape index (κ3) is 5.18. The van der Waals surface area contributed by atoms with E-state index >= 15 is 0 Å². The number of piperidine rings is 1. The fourth-order valence-electron chi connectivity index (χ4n) is 3.43. The van der Waals surface area contributed by atoms with Crippen molar-refractivity contribution in [2.24, 2.45) is 5.92 Å². The number of esters is 1. The highest BCUT2D eigenvalue weighted by molar-refractivity contribution is 7.92. The Morgan fingerprint density at radius 3 is 2.60 bits per heavy atom. The Hall–Kier alpha value is -2.87. The molecule has 1 N–H and O–H groups in total. The molecule has 3 rings (SSSR count). The number of amides is 1. The SMILES string of the molecule is CCOC(=O)[C@H]1CCCN(C(=O)c2cccc(S(=O)(=O)Nc3ccc(C)cc3)c2)C1. The minimum Gasteiger partial charge on any atom is -0.466 e. The van der Waals surface area contributed by atoms with Gasteiger partial charge < -0.3 is 9.64 Å². The fraction of sp³-hybridized carbons (Fsp3) is 0.364. The number of likely N-dealkylation sites (tertiary alicyclic amines) is 1. The first kappa shape index (κ1) is 21.8. The van der Waals surface area contributed by atoms with Crippen LogP contribution in [-0.4, -0.2) is 44.9 Å². The zero-order valence-corrected chi connectivity index (χ0v) is 17.9. The van der Waals surface area contributed by atoms with E-state index in [1.54, 1.807) is 36.1 Å². The largest absolute Gasteiger partial charge is 0.466 e. The van der Waals surface area contributed by atoms with Crippen LogP contribution >= 0.6 is 0 Å². The average Bonchev–Trinajstić information content (AvgIpc) is 2.75. The van der Waals surface area contributed by atoms with Crippen LogP contribution in [0.5, 0.6) is 0 Å². The van der Waals surface area contributed by atoms with Gasteiger partial charge in [-0.15, -0.1) is 0 Å². The first-order chi connectivity index (χ1) is 14.3. The second-order valence-corrected chi connectivity index (χ2v) is 9.02.